The van der Waals surface area contributed by atoms with Gasteiger partial charge in [-0.3, -0.25) is 4.99 Å². The van der Waals surface area contributed by atoms with Crippen molar-refractivity contribution in [1.29, 1.82) is 0 Å². The van der Waals surface area contributed by atoms with Crippen molar-refractivity contribution >= 4 is 55.4 Å². The fraction of sp³-hybridized carbons (Fsp3) is 0. The van der Waals surface area contributed by atoms with Gasteiger partial charge in [0, 0.05) is 33.1 Å². The van der Waals surface area contributed by atoms with Crippen LogP contribution in [0.4, 0.5) is 17.3 Å². The summed E-state index contributed by atoms with van der Waals surface area (Å²) >= 11 is 6.77. The van der Waals surface area contributed by atoms with E-state index in [4.69, 9.17) is 9.97 Å². The second kappa shape index (κ2) is 10.8. The topological polar surface area (TPSA) is 70.4 Å². The highest BCUT2D eigenvalue weighted by Crippen LogP contribution is 2.31. The first-order chi connectivity index (χ1) is 17.5. The number of nitrogens with zero attached hydrogens (tertiary/aromatic N) is 3. The summed E-state index contributed by atoms with van der Waals surface area (Å²) in [5, 5.41) is 13.6. The van der Waals surface area contributed by atoms with E-state index < -0.39 is 0 Å². The van der Waals surface area contributed by atoms with Crippen molar-refractivity contribution in [2.24, 2.45) is 4.99 Å². The predicted octanol–water partition coefficient (Wildman–Crippen LogP) is 8.54. The van der Waals surface area contributed by atoms with Crippen molar-refractivity contribution in [3.05, 3.63) is 118 Å². The summed E-state index contributed by atoms with van der Waals surface area (Å²) in [6.45, 7) is 0. The van der Waals surface area contributed by atoms with Crippen LogP contribution in [-0.2, 0) is 0 Å². The Morgan fingerprint density at radius 3 is 1.89 bits per heavy atom. The molecule has 0 radical (unpaired) electrons. The minimum Gasteiger partial charge on any atom is -0.506 e. The van der Waals surface area contributed by atoms with E-state index in [1.807, 2.05) is 91.0 Å². The SMILES string of the molecule is Oc1c(Br)cc(Br)cc1C=Nc1ccc(Nc2nc(-c3ccccc3)cc(-c3ccccc3)n2)cc1. The Labute approximate surface area is 225 Å². The number of phenols is 1. The standard InChI is InChI=1S/C29H20Br2N4O/c30-22-15-21(28(36)25(31)16-22)18-32-23-11-13-24(14-12-23)33-29-34-26(19-7-3-1-4-8-19)17-27(35-29)20-9-5-2-6-10-20/h1-18,36H,(H,33,34,35). The third kappa shape index (κ3) is 5.70. The van der Waals surface area contributed by atoms with Crippen LogP contribution < -0.4 is 5.32 Å². The molecule has 0 aliphatic heterocycles. The van der Waals surface area contributed by atoms with Crippen LogP contribution in [0.1, 0.15) is 5.56 Å². The van der Waals surface area contributed by atoms with Crippen molar-refractivity contribution in [2.75, 3.05) is 5.32 Å². The van der Waals surface area contributed by atoms with Crippen LogP contribution in [0.3, 0.4) is 0 Å². The predicted molar refractivity (Wildman–Crippen MR) is 153 cm³/mol. The number of hydrogen-bond acceptors (Lipinski definition) is 5. The van der Waals surface area contributed by atoms with Crippen LogP contribution in [0.2, 0.25) is 0 Å². The van der Waals surface area contributed by atoms with Crippen LogP contribution in [0.15, 0.2) is 117 Å². The van der Waals surface area contributed by atoms with Crippen LogP contribution in [0, 0.1) is 0 Å². The zero-order valence-corrected chi connectivity index (χ0v) is 22.1. The second-order valence-electron chi connectivity index (χ2n) is 7.95. The third-order valence-corrected chi connectivity index (χ3v) is 6.46. The van der Waals surface area contributed by atoms with E-state index in [0.717, 1.165) is 38.4 Å². The molecule has 0 amide bonds. The third-order valence-electron chi connectivity index (χ3n) is 5.40. The molecule has 4 aromatic carbocycles. The Balaban J connectivity index is 1.41. The summed E-state index contributed by atoms with van der Waals surface area (Å²) in [5.74, 6) is 0.653. The number of aromatic nitrogens is 2. The van der Waals surface area contributed by atoms with Gasteiger partial charge in [0.15, 0.2) is 0 Å². The number of benzene rings is 4. The minimum atomic E-state index is 0.143. The molecule has 0 spiro atoms. The van der Waals surface area contributed by atoms with Gasteiger partial charge in [0.2, 0.25) is 5.95 Å². The zero-order chi connectivity index (χ0) is 24.9. The van der Waals surface area contributed by atoms with Gasteiger partial charge in [0.05, 0.1) is 21.5 Å². The maximum Gasteiger partial charge on any atom is 0.228 e. The summed E-state index contributed by atoms with van der Waals surface area (Å²) in [6, 6.07) is 33.3. The number of rotatable bonds is 6. The van der Waals surface area contributed by atoms with Gasteiger partial charge < -0.3 is 10.4 Å². The molecule has 0 bridgehead atoms. The molecule has 176 valence electrons. The summed E-state index contributed by atoms with van der Waals surface area (Å²) in [6.07, 6.45) is 1.63. The first kappa shape index (κ1) is 23.9. The van der Waals surface area contributed by atoms with Gasteiger partial charge >= 0.3 is 0 Å². The average Bonchev–Trinajstić information content (AvgIpc) is 2.91. The first-order valence-corrected chi connectivity index (χ1v) is 12.7. The van der Waals surface area contributed by atoms with Crippen LogP contribution in [0.5, 0.6) is 5.75 Å². The quantitative estimate of drug-likeness (QED) is 0.192. The molecule has 0 atom stereocenters. The van der Waals surface area contributed by atoms with Crippen molar-refractivity contribution in [1.82, 2.24) is 9.97 Å². The Morgan fingerprint density at radius 2 is 1.31 bits per heavy atom. The molecule has 5 nitrogen and oxygen atoms in total. The highest BCUT2D eigenvalue weighted by atomic mass is 79.9. The maximum absolute atomic E-state index is 10.2. The lowest BCUT2D eigenvalue weighted by atomic mass is 10.1. The van der Waals surface area contributed by atoms with E-state index in [0.29, 0.717) is 16.0 Å². The number of phenolic OH excluding ortho intramolecular Hbond substituents is 1. The lowest BCUT2D eigenvalue weighted by Gasteiger charge is -2.11. The van der Waals surface area contributed by atoms with Crippen LogP contribution in [-0.4, -0.2) is 21.3 Å². The maximum atomic E-state index is 10.2. The Kier molecular flexibility index (Phi) is 7.21. The summed E-state index contributed by atoms with van der Waals surface area (Å²) < 4.78 is 1.45. The molecule has 1 aromatic heterocycles. The van der Waals surface area contributed by atoms with E-state index >= 15 is 0 Å². The second-order valence-corrected chi connectivity index (χ2v) is 9.72. The fourth-order valence-corrected chi connectivity index (χ4v) is 4.86. The van der Waals surface area contributed by atoms with Gasteiger partial charge in [-0.05, 0) is 58.4 Å². The smallest absolute Gasteiger partial charge is 0.228 e. The largest absolute Gasteiger partial charge is 0.506 e. The average molecular weight is 600 g/mol. The number of aliphatic imine (C=N–C) groups is 1. The van der Waals surface area contributed by atoms with E-state index in [9.17, 15) is 5.11 Å². The van der Waals surface area contributed by atoms with E-state index in [1.165, 1.54) is 0 Å². The lowest BCUT2D eigenvalue weighted by molar-refractivity contribution is 0.471. The molecule has 36 heavy (non-hydrogen) atoms. The van der Waals surface area contributed by atoms with Gasteiger partial charge in [-0.2, -0.15) is 0 Å². The Hall–Kier alpha value is -3.81. The summed E-state index contributed by atoms with van der Waals surface area (Å²) in [5.41, 5.74) is 5.92. The summed E-state index contributed by atoms with van der Waals surface area (Å²) in [7, 11) is 0. The molecule has 2 N–H and O–H groups in total. The van der Waals surface area contributed by atoms with E-state index in [2.05, 4.69) is 42.2 Å². The van der Waals surface area contributed by atoms with Crippen molar-refractivity contribution in [2.45, 2.75) is 0 Å². The van der Waals surface area contributed by atoms with Gasteiger partial charge in [-0.25, -0.2) is 9.97 Å². The molecule has 5 aromatic rings. The molecular weight excluding hydrogens is 580 g/mol. The normalized spacial score (nSPS) is 11.1. The first-order valence-electron chi connectivity index (χ1n) is 11.1. The molecule has 0 saturated heterocycles. The van der Waals surface area contributed by atoms with Gasteiger partial charge in [-0.15, -0.1) is 0 Å². The highest BCUT2D eigenvalue weighted by molar-refractivity contribution is 9.11. The molecule has 0 aliphatic rings. The highest BCUT2D eigenvalue weighted by Gasteiger charge is 2.09. The minimum absolute atomic E-state index is 0.143. The zero-order valence-electron chi connectivity index (χ0n) is 18.9. The number of hydrogen-bond donors (Lipinski definition) is 2. The molecular formula is C29H20Br2N4O. The molecule has 5 rings (SSSR count). The Bertz CT molecular complexity index is 1470. The van der Waals surface area contributed by atoms with Crippen molar-refractivity contribution in [3.63, 3.8) is 0 Å². The van der Waals surface area contributed by atoms with Crippen LogP contribution in [0.25, 0.3) is 22.5 Å². The van der Waals surface area contributed by atoms with Crippen LogP contribution >= 0.6 is 31.9 Å². The summed E-state index contributed by atoms with van der Waals surface area (Å²) in [4.78, 5) is 14.0. The van der Waals surface area contributed by atoms with Gasteiger partial charge in [-0.1, -0.05) is 76.6 Å². The number of halogens is 2. The molecule has 0 unspecified atom stereocenters. The molecule has 0 aliphatic carbocycles. The Morgan fingerprint density at radius 1 is 0.722 bits per heavy atom. The van der Waals surface area contributed by atoms with E-state index in [1.54, 1.807) is 18.3 Å². The molecule has 0 saturated carbocycles. The lowest BCUT2D eigenvalue weighted by Crippen LogP contribution is -2.00. The fourth-order valence-electron chi connectivity index (χ4n) is 3.61. The number of anilines is 2. The monoisotopic (exact) mass is 598 g/mol. The van der Waals surface area contributed by atoms with Crippen molar-refractivity contribution < 1.29 is 5.11 Å². The molecule has 1 heterocycles. The van der Waals surface area contributed by atoms with Crippen molar-refractivity contribution in [3.8, 4) is 28.3 Å². The number of nitrogens with one attached hydrogen (secondary N) is 1. The molecule has 0 fully saturated rings. The van der Waals surface area contributed by atoms with Gasteiger partial charge in [0.25, 0.3) is 0 Å². The molecule has 7 heteroatoms. The van der Waals surface area contributed by atoms with E-state index in [-0.39, 0.29) is 5.75 Å². The number of aromatic hydroxyl groups is 1. The van der Waals surface area contributed by atoms with Gasteiger partial charge in [0.1, 0.15) is 5.75 Å².